The van der Waals surface area contributed by atoms with Crippen LogP contribution in [-0.4, -0.2) is 37.3 Å². The third kappa shape index (κ3) is 4.73. The number of hydrogen-bond donors (Lipinski definition) is 0. The molecule has 0 spiro atoms. The molecule has 2 heterocycles. The van der Waals surface area contributed by atoms with Gasteiger partial charge in [-0.05, 0) is 55.3 Å². The number of amides is 1. The number of benzene rings is 3. The van der Waals surface area contributed by atoms with Crippen molar-refractivity contribution in [1.82, 2.24) is 4.98 Å². The third-order valence-corrected chi connectivity index (χ3v) is 7.15. The highest BCUT2D eigenvalue weighted by atomic mass is 35.5. The van der Waals surface area contributed by atoms with E-state index in [1.807, 2.05) is 42.5 Å². The zero-order valence-electron chi connectivity index (χ0n) is 18.6. The van der Waals surface area contributed by atoms with Gasteiger partial charge in [-0.15, -0.1) is 0 Å². The van der Waals surface area contributed by atoms with Gasteiger partial charge in [-0.3, -0.25) is 9.69 Å². The van der Waals surface area contributed by atoms with Crippen LogP contribution in [0.5, 0.6) is 17.2 Å². The highest BCUT2D eigenvalue weighted by Gasteiger charge is 2.28. The quantitative estimate of drug-likeness (QED) is 0.290. The van der Waals surface area contributed by atoms with Gasteiger partial charge in [0.15, 0.2) is 5.13 Å². The Kier molecular flexibility index (Phi) is 6.67. The van der Waals surface area contributed by atoms with Gasteiger partial charge in [0.2, 0.25) is 0 Å². The summed E-state index contributed by atoms with van der Waals surface area (Å²) in [6, 6.07) is 20.2. The maximum Gasteiger partial charge on any atom is 0.260 e. The van der Waals surface area contributed by atoms with E-state index in [0.29, 0.717) is 51.6 Å². The SMILES string of the molecule is COc1ccc(Cl)c2sc(N(CC3CCCO3)C(=O)c3cccc(Oc4ccccc4)c3)nc12. The zero-order chi connectivity index (χ0) is 23.5. The Morgan fingerprint density at radius 2 is 1.97 bits per heavy atom. The van der Waals surface area contributed by atoms with E-state index < -0.39 is 0 Å². The van der Waals surface area contributed by atoms with Gasteiger partial charge < -0.3 is 14.2 Å². The minimum absolute atomic E-state index is 0.0444. The largest absolute Gasteiger partial charge is 0.494 e. The summed E-state index contributed by atoms with van der Waals surface area (Å²) in [5.41, 5.74) is 1.14. The third-order valence-electron chi connectivity index (χ3n) is 5.61. The van der Waals surface area contributed by atoms with Crippen molar-refractivity contribution in [1.29, 1.82) is 0 Å². The van der Waals surface area contributed by atoms with Crippen LogP contribution in [-0.2, 0) is 4.74 Å². The van der Waals surface area contributed by atoms with Crippen LogP contribution in [0.1, 0.15) is 23.2 Å². The Morgan fingerprint density at radius 3 is 2.74 bits per heavy atom. The lowest BCUT2D eigenvalue weighted by atomic mass is 10.1. The molecule has 174 valence electrons. The van der Waals surface area contributed by atoms with Crippen LogP contribution in [0.15, 0.2) is 66.7 Å². The summed E-state index contributed by atoms with van der Waals surface area (Å²) in [4.78, 5) is 20.2. The molecule has 8 heteroatoms. The summed E-state index contributed by atoms with van der Waals surface area (Å²) in [6.45, 7) is 1.11. The van der Waals surface area contributed by atoms with E-state index in [1.165, 1.54) is 11.3 Å². The fraction of sp³-hybridized carbons (Fsp3) is 0.231. The van der Waals surface area contributed by atoms with Crippen molar-refractivity contribution in [3.05, 3.63) is 77.3 Å². The number of aromatic nitrogens is 1. The molecule has 1 aliphatic heterocycles. The van der Waals surface area contributed by atoms with E-state index in [-0.39, 0.29) is 12.0 Å². The summed E-state index contributed by atoms with van der Waals surface area (Å²) < 4.78 is 18.0. The first kappa shape index (κ1) is 22.7. The maximum atomic E-state index is 13.8. The summed E-state index contributed by atoms with van der Waals surface area (Å²) in [7, 11) is 1.59. The number of methoxy groups -OCH3 is 1. The second kappa shape index (κ2) is 10.0. The molecule has 1 saturated heterocycles. The molecular formula is C26H23ClN2O4S. The number of anilines is 1. The highest BCUT2D eigenvalue weighted by Crippen LogP contribution is 2.39. The normalized spacial score (nSPS) is 15.4. The second-order valence-corrected chi connectivity index (χ2v) is 9.30. The lowest BCUT2D eigenvalue weighted by molar-refractivity contribution is 0.0917. The van der Waals surface area contributed by atoms with Crippen molar-refractivity contribution in [2.45, 2.75) is 18.9 Å². The van der Waals surface area contributed by atoms with E-state index in [4.69, 9.17) is 30.8 Å². The molecule has 4 aromatic rings. The summed E-state index contributed by atoms with van der Waals surface area (Å²) >= 11 is 7.81. The fourth-order valence-corrected chi connectivity index (χ4v) is 5.20. The topological polar surface area (TPSA) is 60.9 Å². The van der Waals surface area contributed by atoms with Crippen molar-refractivity contribution >= 4 is 44.2 Å². The van der Waals surface area contributed by atoms with Crippen molar-refractivity contribution in [2.24, 2.45) is 0 Å². The standard InChI is InChI=1S/C26H23ClN2O4S/c1-31-22-13-12-21(27)24-23(22)28-26(34-24)29(16-20-11-6-14-32-20)25(30)17-7-5-10-19(15-17)33-18-8-3-2-4-9-18/h2-5,7-10,12-13,15,20H,6,11,14,16H2,1H3. The summed E-state index contributed by atoms with van der Waals surface area (Å²) in [5, 5.41) is 1.12. The number of nitrogens with zero attached hydrogens (tertiary/aromatic N) is 2. The molecule has 1 unspecified atom stereocenters. The number of rotatable bonds is 7. The number of thiazole rings is 1. The number of halogens is 1. The predicted molar refractivity (Wildman–Crippen MR) is 135 cm³/mol. The van der Waals surface area contributed by atoms with Crippen LogP contribution in [0.25, 0.3) is 10.2 Å². The molecule has 3 aromatic carbocycles. The molecule has 0 radical (unpaired) electrons. The average Bonchev–Trinajstić information content (AvgIpc) is 3.54. The van der Waals surface area contributed by atoms with Crippen molar-refractivity contribution < 1.29 is 19.0 Å². The molecule has 1 aliphatic rings. The van der Waals surface area contributed by atoms with Crippen molar-refractivity contribution in [3.63, 3.8) is 0 Å². The van der Waals surface area contributed by atoms with Crippen molar-refractivity contribution in [3.8, 4) is 17.2 Å². The van der Waals surface area contributed by atoms with E-state index in [9.17, 15) is 4.79 Å². The van der Waals surface area contributed by atoms with Gasteiger partial charge in [-0.25, -0.2) is 4.98 Å². The van der Waals surface area contributed by atoms with E-state index in [2.05, 4.69) is 0 Å². The van der Waals surface area contributed by atoms with Crippen LogP contribution in [0.4, 0.5) is 5.13 Å². The summed E-state index contributed by atoms with van der Waals surface area (Å²) in [5.74, 6) is 1.73. The zero-order valence-corrected chi connectivity index (χ0v) is 20.1. The molecule has 1 atom stereocenters. The fourth-order valence-electron chi connectivity index (χ4n) is 3.93. The smallest absolute Gasteiger partial charge is 0.260 e. The monoisotopic (exact) mass is 494 g/mol. The van der Waals surface area contributed by atoms with E-state index >= 15 is 0 Å². The molecule has 34 heavy (non-hydrogen) atoms. The van der Waals surface area contributed by atoms with Crippen LogP contribution in [0, 0.1) is 0 Å². The number of carbonyl (C=O) groups is 1. The predicted octanol–water partition coefficient (Wildman–Crippen LogP) is 6.58. The van der Waals surface area contributed by atoms with Crippen LogP contribution < -0.4 is 14.4 Å². The van der Waals surface area contributed by atoms with Gasteiger partial charge in [0, 0.05) is 12.2 Å². The van der Waals surface area contributed by atoms with Gasteiger partial charge >= 0.3 is 0 Å². The molecule has 1 aromatic heterocycles. The minimum Gasteiger partial charge on any atom is -0.494 e. The molecule has 1 amide bonds. The lowest BCUT2D eigenvalue weighted by Crippen LogP contribution is -2.37. The van der Waals surface area contributed by atoms with Crippen LogP contribution in [0.2, 0.25) is 5.02 Å². The molecule has 0 N–H and O–H groups in total. The number of ether oxygens (including phenoxy) is 3. The van der Waals surface area contributed by atoms with Gasteiger partial charge in [0.25, 0.3) is 5.91 Å². The molecule has 0 saturated carbocycles. The first-order chi connectivity index (χ1) is 16.6. The van der Waals surface area contributed by atoms with Crippen molar-refractivity contribution in [2.75, 3.05) is 25.2 Å². The first-order valence-corrected chi connectivity index (χ1v) is 12.2. The Bertz CT molecular complexity index is 1300. The first-order valence-electron chi connectivity index (χ1n) is 11.0. The lowest BCUT2D eigenvalue weighted by Gasteiger charge is -2.23. The van der Waals surface area contributed by atoms with E-state index in [1.54, 1.807) is 36.3 Å². The maximum absolute atomic E-state index is 13.8. The second-order valence-electron chi connectivity index (χ2n) is 7.92. The average molecular weight is 495 g/mol. The molecule has 5 rings (SSSR count). The van der Waals surface area contributed by atoms with Gasteiger partial charge in [0.1, 0.15) is 22.8 Å². The number of carbonyl (C=O) groups excluding carboxylic acids is 1. The molecule has 6 nitrogen and oxygen atoms in total. The molecule has 0 bridgehead atoms. The Morgan fingerprint density at radius 1 is 1.15 bits per heavy atom. The van der Waals surface area contributed by atoms with Crippen LogP contribution >= 0.6 is 22.9 Å². The minimum atomic E-state index is -0.178. The number of fused-ring (bicyclic) bond motifs is 1. The van der Waals surface area contributed by atoms with Gasteiger partial charge in [-0.1, -0.05) is 47.2 Å². The number of hydrogen-bond acceptors (Lipinski definition) is 6. The van der Waals surface area contributed by atoms with Crippen LogP contribution in [0.3, 0.4) is 0 Å². The highest BCUT2D eigenvalue weighted by molar-refractivity contribution is 7.23. The van der Waals surface area contributed by atoms with E-state index in [0.717, 1.165) is 17.5 Å². The summed E-state index contributed by atoms with van der Waals surface area (Å²) in [6.07, 6.45) is 1.83. The molecule has 1 fully saturated rings. The van der Waals surface area contributed by atoms with Gasteiger partial charge in [-0.2, -0.15) is 0 Å². The Balaban J connectivity index is 1.50. The Hall–Kier alpha value is -3.13. The molecule has 0 aliphatic carbocycles. The Labute approximate surface area is 206 Å². The number of para-hydroxylation sites is 1. The molecular weight excluding hydrogens is 472 g/mol. The van der Waals surface area contributed by atoms with Gasteiger partial charge in [0.05, 0.1) is 29.5 Å².